The molecule has 6 nitrogen and oxygen atoms in total. The first-order valence-corrected chi connectivity index (χ1v) is 7.73. The third-order valence-electron chi connectivity index (χ3n) is 3.15. The average Bonchev–Trinajstić information content (AvgIpc) is 2.58. The van der Waals surface area contributed by atoms with Crippen LogP contribution in [0.25, 0.3) is 5.69 Å². The second-order valence-corrected chi connectivity index (χ2v) is 5.69. The van der Waals surface area contributed by atoms with E-state index in [4.69, 9.17) is 27.9 Å². The van der Waals surface area contributed by atoms with Crippen molar-refractivity contribution < 1.29 is 22.3 Å². The average molecular weight is 421 g/mol. The van der Waals surface area contributed by atoms with Gasteiger partial charge < -0.3 is 4.74 Å². The van der Waals surface area contributed by atoms with Crippen molar-refractivity contribution in [1.82, 2.24) is 19.5 Å². The number of benzene rings is 1. The lowest BCUT2D eigenvalue weighted by atomic mass is 10.2. The fourth-order valence-corrected chi connectivity index (χ4v) is 2.48. The van der Waals surface area contributed by atoms with Gasteiger partial charge in [-0.3, -0.25) is 4.79 Å². The van der Waals surface area contributed by atoms with Gasteiger partial charge in [0.2, 0.25) is 5.28 Å². The van der Waals surface area contributed by atoms with Crippen LogP contribution < -0.4 is 10.3 Å². The molecule has 0 spiro atoms. The van der Waals surface area contributed by atoms with Gasteiger partial charge >= 0.3 is 12.2 Å². The second kappa shape index (κ2) is 7.12. The standard InChI is InChI=1S/C15H6Cl2F4N4O2/c16-7-4-8(18)9(5-10(7)27-14-22-2-1-3-23-14)25-12(26)6-11(15(19,20)21)24-13(25)17/h1-6H. The maximum Gasteiger partial charge on any atom is 0.433 e. The lowest BCUT2D eigenvalue weighted by Gasteiger charge is -2.13. The molecule has 0 radical (unpaired) electrons. The number of alkyl halides is 3. The zero-order valence-corrected chi connectivity index (χ0v) is 14.3. The summed E-state index contributed by atoms with van der Waals surface area (Å²) in [6.45, 7) is 0. The van der Waals surface area contributed by atoms with Gasteiger partial charge in [-0.05, 0) is 23.7 Å². The van der Waals surface area contributed by atoms with Crippen molar-refractivity contribution in [2.45, 2.75) is 6.18 Å². The van der Waals surface area contributed by atoms with E-state index in [1.165, 1.54) is 18.5 Å². The van der Waals surface area contributed by atoms with Crippen LogP contribution in [-0.4, -0.2) is 19.5 Å². The lowest BCUT2D eigenvalue weighted by molar-refractivity contribution is -0.141. The Hall–Kier alpha value is -2.72. The molecule has 1 aromatic carbocycles. The molecule has 0 saturated heterocycles. The van der Waals surface area contributed by atoms with E-state index in [9.17, 15) is 22.4 Å². The number of ether oxygens (including phenoxy) is 1. The molecule has 0 atom stereocenters. The molecule has 0 fully saturated rings. The molecule has 12 heteroatoms. The van der Waals surface area contributed by atoms with Crippen LogP contribution in [0.3, 0.4) is 0 Å². The molecule has 0 N–H and O–H groups in total. The van der Waals surface area contributed by atoms with Gasteiger partial charge in [-0.15, -0.1) is 0 Å². The summed E-state index contributed by atoms with van der Waals surface area (Å²) in [4.78, 5) is 22.8. The number of nitrogens with zero attached hydrogens (tertiary/aromatic N) is 4. The Morgan fingerprint density at radius 1 is 1.07 bits per heavy atom. The smallest absolute Gasteiger partial charge is 0.423 e. The summed E-state index contributed by atoms with van der Waals surface area (Å²) < 4.78 is 58.2. The van der Waals surface area contributed by atoms with Gasteiger partial charge in [0.05, 0.1) is 10.7 Å². The summed E-state index contributed by atoms with van der Waals surface area (Å²) in [5.74, 6) is -1.19. The number of aromatic nitrogens is 4. The molecular formula is C15H6Cl2F4N4O2. The number of hydrogen-bond donors (Lipinski definition) is 0. The van der Waals surface area contributed by atoms with Crippen LogP contribution in [-0.2, 0) is 6.18 Å². The molecular weight excluding hydrogens is 415 g/mol. The molecule has 0 bridgehead atoms. The summed E-state index contributed by atoms with van der Waals surface area (Å²) >= 11 is 11.6. The molecule has 27 heavy (non-hydrogen) atoms. The third kappa shape index (κ3) is 4.01. The van der Waals surface area contributed by atoms with E-state index < -0.39 is 34.2 Å². The van der Waals surface area contributed by atoms with Gasteiger partial charge in [-0.1, -0.05) is 11.6 Å². The Kier molecular flexibility index (Phi) is 5.03. The molecule has 3 rings (SSSR count). The Morgan fingerprint density at radius 2 is 1.74 bits per heavy atom. The predicted octanol–water partition coefficient (Wildman–Crippen LogP) is 4.28. The largest absolute Gasteiger partial charge is 0.433 e. The van der Waals surface area contributed by atoms with Crippen molar-refractivity contribution in [2.75, 3.05) is 0 Å². The quantitative estimate of drug-likeness (QED) is 0.467. The molecule has 0 aliphatic rings. The third-order valence-corrected chi connectivity index (χ3v) is 3.70. The zero-order valence-electron chi connectivity index (χ0n) is 12.8. The Balaban J connectivity index is 2.12. The van der Waals surface area contributed by atoms with Crippen LogP contribution in [0, 0.1) is 5.82 Å². The molecule has 0 amide bonds. The second-order valence-electron chi connectivity index (χ2n) is 4.95. The van der Waals surface area contributed by atoms with Crippen LogP contribution in [0.5, 0.6) is 11.8 Å². The van der Waals surface area contributed by atoms with Crippen LogP contribution in [0.4, 0.5) is 17.6 Å². The Labute approximate surface area is 158 Å². The van der Waals surface area contributed by atoms with Crippen molar-refractivity contribution in [1.29, 1.82) is 0 Å². The van der Waals surface area contributed by atoms with E-state index in [1.807, 2.05) is 0 Å². The normalized spacial score (nSPS) is 11.5. The minimum atomic E-state index is -4.89. The highest BCUT2D eigenvalue weighted by Gasteiger charge is 2.34. The highest BCUT2D eigenvalue weighted by atomic mass is 35.5. The van der Waals surface area contributed by atoms with Gasteiger partial charge in [0.15, 0.2) is 11.4 Å². The van der Waals surface area contributed by atoms with Crippen molar-refractivity contribution in [3.63, 3.8) is 0 Å². The molecule has 0 aliphatic heterocycles. The van der Waals surface area contributed by atoms with Crippen molar-refractivity contribution in [3.8, 4) is 17.4 Å². The zero-order chi connectivity index (χ0) is 19.8. The molecule has 2 aromatic heterocycles. The fraction of sp³-hybridized carbons (Fsp3) is 0.0667. The van der Waals surface area contributed by atoms with Gasteiger partial charge in [-0.25, -0.2) is 23.9 Å². The van der Waals surface area contributed by atoms with Gasteiger partial charge in [0.25, 0.3) is 5.56 Å². The summed E-state index contributed by atoms with van der Waals surface area (Å²) in [5, 5.41) is -1.08. The Morgan fingerprint density at radius 3 is 2.33 bits per heavy atom. The predicted molar refractivity (Wildman–Crippen MR) is 86.9 cm³/mol. The first kappa shape index (κ1) is 19.1. The van der Waals surface area contributed by atoms with E-state index in [-0.39, 0.29) is 22.8 Å². The number of hydrogen-bond acceptors (Lipinski definition) is 5. The number of halogens is 6. The monoisotopic (exact) mass is 420 g/mol. The number of rotatable bonds is 3. The minimum absolute atomic E-state index is 0.124. The van der Waals surface area contributed by atoms with Crippen LogP contribution in [0.15, 0.2) is 41.5 Å². The van der Waals surface area contributed by atoms with E-state index in [0.717, 1.165) is 12.1 Å². The van der Waals surface area contributed by atoms with Crippen LogP contribution in [0.1, 0.15) is 5.69 Å². The first-order valence-electron chi connectivity index (χ1n) is 6.98. The molecule has 0 saturated carbocycles. The SMILES string of the molecule is O=c1cc(C(F)(F)F)nc(Cl)n1-c1cc(Oc2ncccn2)c(Cl)cc1F. The topological polar surface area (TPSA) is 69.9 Å². The van der Waals surface area contributed by atoms with Crippen LogP contribution >= 0.6 is 23.2 Å². The molecule has 140 valence electrons. The van der Waals surface area contributed by atoms with Crippen molar-refractivity contribution in [2.24, 2.45) is 0 Å². The molecule has 0 aliphatic carbocycles. The highest BCUT2D eigenvalue weighted by molar-refractivity contribution is 6.32. The Bertz CT molecular complexity index is 1060. The van der Waals surface area contributed by atoms with Crippen molar-refractivity contribution in [3.05, 3.63) is 68.8 Å². The van der Waals surface area contributed by atoms with E-state index in [0.29, 0.717) is 4.57 Å². The maximum atomic E-state index is 14.3. The highest BCUT2D eigenvalue weighted by Crippen LogP contribution is 2.33. The molecule has 0 unspecified atom stereocenters. The molecule has 3 aromatic rings. The first-order chi connectivity index (χ1) is 12.7. The summed E-state index contributed by atoms with van der Waals surface area (Å²) in [6.07, 6.45) is -2.14. The van der Waals surface area contributed by atoms with Gasteiger partial charge in [0.1, 0.15) is 5.82 Å². The van der Waals surface area contributed by atoms with E-state index in [1.54, 1.807) is 0 Å². The van der Waals surface area contributed by atoms with Gasteiger partial charge in [-0.2, -0.15) is 13.2 Å². The lowest BCUT2D eigenvalue weighted by Crippen LogP contribution is -2.24. The molecule has 2 heterocycles. The summed E-state index contributed by atoms with van der Waals surface area (Å²) in [5.41, 5.74) is -3.26. The van der Waals surface area contributed by atoms with Gasteiger partial charge in [0, 0.05) is 24.5 Å². The van der Waals surface area contributed by atoms with Crippen molar-refractivity contribution >= 4 is 23.2 Å². The maximum absolute atomic E-state index is 14.3. The summed E-state index contributed by atoms with van der Waals surface area (Å²) in [6, 6.07) is 3.37. The van der Waals surface area contributed by atoms with E-state index in [2.05, 4.69) is 15.0 Å². The fourth-order valence-electron chi connectivity index (χ4n) is 2.02. The van der Waals surface area contributed by atoms with Crippen LogP contribution in [0.2, 0.25) is 10.3 Å². The minimum Gasteiger partial charge on any atom is -0.423 e. The summed E-state index contributed by atoms with van der Waals surface area (Å²) in [7, 11) is 0. The van der Waals surface area contributed by atoms with E-state index >= 15 is 0 Å².